The minimum atomic E-state index is -0.399. The van der Waals surface area contributed by atoms with Gasteiger partial charge in [-0.3, -0.25) is 9.59 Å². The van der Waals surface area contributed by atoms with E-state index in [4.69, 9.17) is 9.15 Å². The summed E-state index contributed by atoms with van der Waals surface area (Å²) in [6.07, 6.45) is 1.46. The van der Waals surface area contributed by atoms with E-state index in [0.29, 0.717) is 24.5 Å². The lowest BCUT2D eigenvalue weighted by Gasteiger charge is -2.19. The molecule has 0 radical (unpaired) electrons. The Morgan fingerprint density at radius 2 is 2.12 bits per heavy atom. The van der Waals surface area contributed by atoms with Crippen LogP contribution in [-0.4, -0.2) is 36.5 Å². The summed E-state index contributed by atoms with van der Waals surface area (Å²) in [6.45, 7) is 5.99. The van der Waals surface area contributed by atoms with Gasteiger partial charge in [-0.15, -0.1) is 0 Å². The summed E-state index contributed by atoms with van der Waals surface area (Å²) >= 11 is 0. The van der Waals surface area contributed by atoms with E-state index in [0.717, 1.165) is 0 Å². The largest absolute Gasteiger partial charge is 0.469 e. The van der Waals surface area contributed by atoms with Crippen LogP contribution in [-0.2, 0) is 9.53 Å². The molecule has 0 saturated carbocycles. The Morgan fingerprint density at radius 3 is 2.59 bits per heavy atom. The van der Waals surface area contributed by atoms with Crippen LogP contribution in [0.2, 0.25) is 0 Å². The van der Waals surface area contributed by atoms with E-state index in [-0.39, 0.29) is 12.5 Å². The Morgan fingerprint density at radius 1 is 1.41 bits per heavy atom. The fourth-order valence-electron chi connectivity index (χ4n) is 1.47. The van der Waals surface area contributed by atoms with Crippen LogP contribution in [0.1, 0.15) is 30.0 Å². The number of aryl methyl sites for hydroxylation is 1. The van der Waals surface area contributed by atoms with Crippen LogP contribution in [0.25, 0.3) is 0 Å². The van der Waals surface area contributed by atoms with Crippen molar-refractivity contribution in [1.82, 2.24) is 4.90 Å². The number of esters is 1. The monoisotopic (exact) mass is 239 g/mol. The van der Waals surface area contributed by atoms with Crippen molar-refractivity contribution in [2.24, 2.45) is 0 Å². The molecule has 94 valence electrons. The van der Waals surface area contributed by atoms with Gasteiger partial charge in [-0.2, -0.15) is 0 Å². The number of nitrogens with zero attached hydrogens (tertiary/aromatic N) is 1. The molecule has 1 aromatic heterocycles. The number of rotatable bonds is 5. The minimum absolute atomic E-state index is 0.0339. The zero-order chi connectivity index (χ0) is 12.8. The van der Waals surface area contributed by atoms with Crippen molar-refractivity contribution >= 4 is 11.9 Å². The molecule has 1 rings (SSSR count). The van der Waals surface area contributed by atoms with Gasteiger partial charge >= 0.3 is 5.97 Å². The Kier molecular flexibility index (Phi) is 4.75. The zero-order valence-electron chi connectivity index (χ0n) is 10.4. The molecule has 0 aliphatic heterocycles. The first kappa shape index (κ1) is 13.3. The van der Waals surface area contributed by atoms with Gasteiger partial charge in [0, 0.05) is 6.54 Å². The van der Waals surface area contributed by atoms with Gasteiger partial charge in [-0.05, 0) is 26.8 Å². The second kappa shape index (κ2) is 6.08. The minimum Gasteiger partial charge on any atom is -0.469 e. The average Bonchev–Trinajstić information content (AvgIpc) is 2.72. The Hall–Kier alpha value is -1.78. The molecule has 0 aliphatic carbocycles. The molecule has 0 unspecified atom stereocenters. The molecule has 17 heavy (non-hydrogen) atoms. The van der Waals surface area contributed by atoms with Gasteiger partial charge in [0.1, 0.15) is 12.3 Å². The van der Waals surface area contributed by atoms with Crippen molar-refractivity contribution in [3.05, 3.63) is 23.7 Å². The molecule has 0 aliphatic rings. The fraction of sp³-hybridized carbons (Fsp3) is 0.500. The van der Waals surface area contributed by atoms with Crippen LogP contribution in [0.5, 0.6) is 0 Å². The quantitative estimate of drug-likeness (QED) is 0.732. The van der Waals surface area contributed by atoms with Crippen LogP contribution < -0.4 is 0 Å². The molecular formula is C12H17NO4. The van der Waals surface area contributed by atoms with Crippen LogP contribution in [0.15, 0.2) is 16.7 Å². The summed E-state index contributed by atoms with van der Waals surface area (Å²) in [5.74, 6) is -0.0621. The molecule has 0 atom stereocenters. The number of hydrogen-bond acceptors (Lipinski definition) is 4. The molecular weight excluding hydrogens is 222 g/mol. The van der Waals surface area contributed by atoms with Crippen molar-refractivity contribution in [3.63, 3.8) is 0 Å². The summed E-state index contributed by atoms with van der Waals surface area (Å²) in [7, 11) is 0. The SMILES string of the molecule is CCOC(=O)CN(CC)C(=O)c1ccoc1C. The third-order valence-electron chi connectivity index (χ3n) is 2.38. The number of amides is 1. The second-order valence-electron chi connectivity index (χ2n) is 3.51. The molecule has 1 heterocycles. The van der Waals surface area contributed by atoms with Gasteiger partial charge in [0.05, 0.1) is 18.4 Å². The predicted molar refractivity (Wildman–Crippen MR) is 61.7 cm³/mol. The van der Waals surface area contributed by atoms with Gasteiger partial charge in [-0.25, -0.2) is 0 Å². The highest BCUT2D eigenvalue weighted by Crippen LogP contribution is 2.11. The fourth-order valence-corrected chi connectivity index (χ4v) is 1.47. The molecule has 0 spiro atoms. The lowest BCUT2D eigenvalue weighted by atomic mass is 10.2. The number of hydrogen-bond donors (Lipinski definition) is 0. The Bertz CT molecular complexity index is 397. The lowest BCUT2D eigenvalue weighted by Crippen LogP contribution is -2.36. The number of carbonyl (C=O) groups excluding carboxylic acids is 2. The molecule has 1 amide bonds. The molecule has 5 heteroatoms. The van der Waals surface area contributed by atoms with Crippen molar-refractivity contribution in [2.45, 2.75) is 20.8 Å². The van der Waals surface area contributed by atoms with Gasteiger partial charge < -0.3 is 14.1 Å². The highest BCUT2D eigenvalue weighted by molar-refractivity contribution is 5.96. The standard InChI is InChI=1S/C12H17NO4/c1-4-13(8-11(14)16-5-2)12(15)10-6-7-17-9(10)3/h6-7H,4-5,8H2,1-3H3. The first-order chi connectivity index (χ1) is 8.10. The Labute approximate surface area is 100 Å². The van der Waals surface area contributed by atoms with Crippen LogP contribution in [0.4, 0.5) is 0 Å². The summed E-state index contributed by atoms with van der Waals surface area (Å²) in [6, 6.07) is 1.60. The van der Waals surface area contributed by atoms with E-state index in [9.17, 15) is 9.59 Å². The highest BCUT2D eigenvalue weighted by atomic mass is 16.5. The van der Waals surface area contributed by atoms with Crippen LogP contribution >= 0.6 is 0 Å². The van der Waals surface area contributed by atoms with Crippen molar-refractivity contribution < 1.29 is 18.7 Å². The van der Waals surface area contributed by atoms with E-state index in [2.05, 4.69) is 0 Å². The first-order valence-corrected chi connectivity index (χ1v) is 5.59. The Balaban J connectivity index is 2.71. The maximum Gasteiger partial charge on any atom is 0.325 e. The predicted octanol–water partition coefficient (Wildman–Crippen LogP) is 1.61. The van der Waals surface area contributed by atoms with E-state index < -0.39 is 5.97 Å². The van der Waals surface area contributed by atoms with E-state index in [1.807, 2.05) is 6.92 Å². The van der Waals surface area contributed by atoms with E-state index in [1.54, 1.807) is 19.9 Å². The van der Waals surface area contributed by atoms with Crippen molar-refractivity contribution in [3.8, 4) is 0 Å². The van der Waals surface area contributed by atoms with Crippen LogP contribution in [0.3, 0.4) is 0 Å². The van der Waals surface area contributed by atoms with Crippen LogP contribution in [0, 0.1) is 6.92 Å². The number of furan rings is 1. The third kappa shape index (κ3) is 3.34. The molecule has 1 aromatic rings. The van der Waals surface area contributed by atoms with E-state index >= 15 is 0 Å². The number of likely N-dealkylation sites (N-methyl/N-ethyl adjacent to an activating group) is 1. The number of carbonyl (C=O) groups is 2. The first-order valence-electron chi connectivity index (χ1n) is 5.59. The lowest BCUT2D eigenvalue weighted by molar-refractivity contribution is -0.143. The van der Waals surface area contributed by atoms with Crippen molar-refractivity contribution in [1.29, 1.82) is 0 Å². The van der Waals surface area contributed by atoms with Gasteiger partial charge in [0.2, 0.25) is 0 Å². The van der Waals surface area contributed by atoms with Gasteiger partial charge in [0.15, 0.2) is 0 Å². The average molecular weight is 239 g/mol. The molecule has 0 bridgehead atoms. The van der Waals surface area contributed by atoms with E-state index in [1.165, 1.54) is 11.2 Å². The summed E-state index contributed by atoms with van der Waals surface area (Å²) < 4.78 is 9.88. The summed E-state index contributed by atoms with van der Waals surface area (Å²) in [5.41, 5.74) is 0.483. The normalized spacial score (nSPS) is 10.1. The maximum absolute atomic E-state index is 12.1. The van der Waals surface area contributed by atoms with Gasteiger partial charge in [0.25, 0.3) is 5.91 Å². The highest BCUT2D eigenvalue weighted by Gasteiger charge is 2.20. The molecule has 0 N–H and O–H groups in total. The topological polar surface area (TPSA) is 59.8 Å². The molecule has 0 aromatic carbocycles. The summed E-state index contributed by atoms with van der Waals surface area (Å²) in [4.78, 5) is 24.8. The maximum atomic E-state index is 12.1. The summed E-state index contributed by atoms with van der Waals surface area (Å²) in [5, 5.41) is 0. The second-order valence-corrected chi connectivity index (χ2v) is 3.51. The molecule has 0 fully saturated rings. The number of ether oxygens (including phenoxy) is 1. The molecule has 5 nitrogen and oxygen atoms in total. The zero-order valence-corrected chi connectivity index (χ0v) is 10.4. The smallest absolute Gasteiger partial charge is 0.325 e. The van der Waals surface area contributed by atoms with Gasteiger partial charge in [-0.1, -0.05) is 0 Å². The van der Waals surface area contributed by atoms with Crippen molar-refractivity contribution in [2.75, 3.05) is 19.7 Å². The molecule has 0 saturated heterocycles. The third-order valence-corrected chi connectivity index (χ3v) is 2.38.